The topological polar surface area (TPSA) is 100 Å². The fourth-order valence-corrected chi connectivity index (χ4v) is 3.45. The molecule has 2 saturated heterocycles. The third kappa shape index (κ3) is 5.15. The van der Waals surface area contributed by atoms with E-state index >= 15 is 0 Å². The van der Waals surface area contributed by atoms with Crippen LogP contribution in [0.2, 0.25) is 5.15 Å². The average Bonchev–Trinajstić information content (AvgIpc) is 3.05. The van der Waals surface area contributed by atoms with E-state index in [1.807, 2.05) is 25.7 Å². The minimum Gasteiger partial charge on any atom is -0.444 e. The number of nitrogens with zero attached hydrogens (tertiary/aromatic N) is 4. The molecule has 1 aromatic heterocycles. The Kier molecular flexibility index (Phi) is 6.16. The molecule has 2 N–H and O–H groups in total. The smallest absolute Gasteiger partial charge is 0.410 e. The molecule has 3 heterocycles. The van der Waals surface area contributed by atoms with Crippen molar-refractivity contribution in [2.24, 2.45) is 0 Å². The van der Waals surface area contributed by atoms with Gasteiger partial charge in [0.15, 0.2) is 0 Å². The van der Waals surface area contributed by atoms with Crippen molar-refractivity contribution in [3.05, 3.63) is 11.2 Å². The second-order valence-electron chi connectivity index (χ2n) is 8.19. The molecule has 156 valence electrons. The number of amides is 1. The molecular weight excluding hydrogens is 386 g/mol. The van der Waals surface area contributed by atoms with E-state index in [0.717, 1.165) is 0 Å². The molecule has 1 aromatic rings. The molecule has 3 rings (SSSR count). The summed E-state index contributed by atoms with van der Waals surface area (Å²) in [5.41, 5.74) is -1.28. The number of carbonyl (C=O) groups excluding carboxylic acids is 1. The van der Waals surface area contributed by atoms with Crippen molar-refractivity contribution in [1.82, 2.24) is 14.9 Å². The third-order valence-corrected chi connectivity index (χ3v) is 4.87. The molecular formula is C18H28ClN5O4. The van der Waals surface area contributed by atoms with Gasteiger partial charge in [0.25, 0.3) is 0 Å². The molecule has 1 atom stereocenters. The first-order chi connectivity index (χ1) is 13.2. The van der Waals surface area contributed by atoms with E-state index in [0.29, 0.717) is 62.7 Å². The van der Waals surface area contributed by atoms with Crippen LogP contribution in [-0.4, -0.2) is 83.2 Å². The molecule has 0 radical (unpaired) electrons. The molecule has 2 fully saturated rings. The van der Waals surface area contributed by atoms with E-state index < -0.39 is 11.1 Å². The lowest BCUT2D eigenvalue weighted by Gasteiger charge is -2.31. The van der Waals surface area contributed by atoms with Crippen LogP contribution in [0.4, 0.5) is 16.6 Å². The lowest BCUT2D eigenvalue weighted by atomic mass is 10.00. The Morgan fingerprint density at radius 3 is 2.71 bits per heavy atom. The Hall–Kier alpha value is -1.84. The first-order valence-electron chi connectivity index (χ1n) is 9.44. The molecule has 0 spiro atoms. The van der Waals surface area contributed by atoms with Gasteiger partial charge in [0.2, 0.25) is 5.95 Å². The zero-order chi connectivity index (χ0) is 20.4. The second kappa shape index (κ2) is 8.26. The number of aromatic nitrogens is 2. The van der Waals surface area contributed by atoms with E-state index in [1.54, 1.807) is 11.0 Å². The summed E-state index contributed by atoms with van der Waals surface area (Å²) in [5.74, 6) is 1.04. The van der Waals surface area contributed by atoms with E-state index in [2.05, 4.69) is 15.3 Å². The minimum atomic E-state index is -0.711. The third-order valence-electron chi connectivity index (χ3n) is 4.68. The van der Waals surface area contributed by atoms with Crippen molar-refractivity contribution in [2.45, 2.75) is 38.3 Å². The van der Waals surface area contributed by atoms with E-state index in [-0.39, 0.29) is 12.7 Å². The number of morpholine rings is 1. The van der Waals surface area contributed by atoms with Crippen molar-refractivity contribution in [2.75, 3.05) is 56.2 Å². The zero-order valence-corrected chi connectivity index (χ0v) is 17.3. The van der Waals surface area contributed by atoms with Gasteiger partial charge in [-0.2, -0.15) is 4.98 Å². The molecule has 9 nitrogen and oxygen atoms in total. The van der Waals surface area contributed by atoms with Gasteiger partial charge in [-0.05, 0) is 27.2 Å². The molecule has 0 saturated carbocycles. The number of rotatable bonds is 4. The van der Waals surface area contributed by atoms with Crippen molar-refractivity contribution in [1.29, 1.82) is 0 Å². The van der Waals surface area contributed by atoms with Gasteiger partial charge in [0.05, 0.1) is 25.4 Å². The van der Waals surface area contributed by atoms with Crippen LogP contribution in [0, 0.1) is 0 Å². The van der Waals surface area contributed by atoms with Gasteiger partial charge in [0.1, 0.15) is 16.6 Å². The fraction of sp³-hybridized carbons (Fsp3) is 0.722. The monoisotopic (exact) mass is 413 g/mol. The Morgan fingerprint density at radius 1 is 1.36 bits per heavy atom. The first-order valence-corrected chi connectivity index (χ1v) is 9.82. The number of aliphatic hydroxyl groups is 1. The molecule has 28 heavy (non-hydrogen) atoms. The summed E-state index contributed by atoms with van der Waals surface area (Å²) in [6, 6.07) is 1.62. The highest BCUT2D eigenvalue weighted by molar-refractivity contribution is 6.29. The summed E-state index contributed by atoms with van der Waals surface area (Å²) >= 11 is 6.20. The molecule has 2 aliphatic rings. The number of likely N-dealkylation sites (tertiary alicyclic amines) is 1. The number of hydrogen-bond donors (Lipinski definition) is 2. The SMILES string of the molecule is CC(C)(C)OC(=O)N1CC[C@](CO)(Nc2cc(Cl)nc(N3CCOCC3)n2)C1. The highest BCUT2D eigenvalue weighted by Crippen LogP contribution is 2.28. The quantitative estimate of drug-likeness (QED) is 0.720. The minimum absolute atomic E-state index is 0.152. The average molecular weight is 414 g/mol. The molecule has 10 heteroatoms. The van der Waals surface area contributed by atoms with Crippen LogP contribution in [0.25, 0.3) is 0 Å². The highest BCUT2D eigenvalue weighted by Gasteiger charge is 2.41. The van der Waals surface area contributed by atoms with Crippen LogP contribution >= 0.6 is 11.6 Å². The lowest BCUT2D eigenvalue weighted by molar-refractivity contribution is 0.0281. The van der Waals surface area contributed by atoms with Crippen molar-refractivity contribution >= 4 is 29.5 Å². The number of anilines is 2. The maximum absolute atomic E-state index is 12.4. The maximum Gasteiger partial charge on any atom is 0.410 e. The fourth-order valence-electron chi connectivity index (χ4n) is 3.27. The number of halogens is 1. The van der Waals surface area contributed by atoms with Gasteiger partial charge in [-0.3, -0.25) is 0 Å². The summed E-state index contributed by atoms with van der Waals surface area (Å²) in [7, 11) is 0. The standard InChI is InChI=1S/C18H28ClN5O4/c1-17(2,3)28-16(26)24-5-4-18(11-24,12-25)22-14-10-13(19)20-15(21-14)23-6-8-27-9-7-23/h10,25H,4-9,11-12H2,1-3H3,(H,20,21,22)/t18-/m0/s1. The Morgan fingerprint density at radius 2 is 2.07 bits per heavy atom. The van der Waals surface area contributed by atoms with Gasteiger partial charge in [-0.1, -0.05) is 11.6 Å². The maximum atomic E-state index is 12.4. The normalized spacial score (nSPS) is 23.0. The van der Waals surface area contributed by atoms with Gasteiger partial charge in [-0.15, -0.1) is 0 Å². The zero-order valence-electron chi connectivity index (χ0n) is 16.6. The van der Waals surface area contributed by atoms with Crippen LogP contribution in [0.3, 0.4) is 0 Å². The van der Waals surface area contributed by atoms with Crippen molar-refractivity contribution in [3.63, 3.8) is 0 Å². The van der Waals surface area contributed by atoms with E-state index in [9.17, 15) is 9.90 Å². The molecule has 0 aliphatic carbocycles. The van der Waals surface area contributed by atoms with E-state index in [4.69, 9.17) is 21.1 Å². The lowest BCUT2D eigenvalue weighted by Crippen LogP contribution is -2.46. The summed E-state index contributed by atoms with van der Waals surface area (Å²) in [5, 5.41) is 13.6. The Balaban J connectivity index is 1.72. The van der Waals surface area contributed by atoms with Gasteiger partial charge >= 0.3 is 6.09 Å². The highest BCUT2D eigenvalue weighted by atomic mass is 35.5. The number of ether oxygens (including phenoxy) is 2. The second-order valence-corrected chi connectivity index (χ2v) is 8.58. The van der Waals surface area contributed by atoms with Crippen LogP contribution in [0.15, 0.2) is 6.07 Å². The number of carbonyl (C=O) groups is 1. The predicted octanol–water partition coefficient (Wildman–Crippen LogP) is 1.75. The largest absolute Gasteiger partial charge is 0.444 e. The van der Waals surface area contributed by atoms with Gasteiger partial charge in [0, 0.05) is 32.2 Å². The van der Waals surface area contributed by atoms with Gasteiger partial charge in [-0.25, -0.2) is 9.78 Å². The molecule has 0 unspecified atom stereocenters. The van der Waals surface area contributed by atoms with Crippen molar-refractivity contribution < 1.29 is 19.4 Å². The summed E-state index contributed by atoms with van der Waals surface area (Å²) < 4.78 is 10.8. The molecule has 1 amide bonds. The predicted molar refractivity (Wildman–Crippen MR) is 106 cm³/mol. The Bertz CT molecular complexity index is 708. The summed E-state index contributed by atoms with van der Waals surface area (Å²) in [4.78, 5) is 24.8. The van der Waals surface area contributed by atoms with Crippen molar-refractivity contribution in [3.8, 4) is 0 Å². The van der Waals surface area contributed by atoms with Crippen LogP contribution in [-0.2, 0) is 9.47 Å². The summed E-state index contributed by atoms with van der Waals surface area (Å²) in [6.07, 6.45) is 0.177. The van der Waals surface area contributed by atoms with Gasteiger partial charge < -0.3 is 29.7 Å². The van der Waals surface area contributed by atoms with Crippen LogP contribution in [0.1, 0.15) is 27.2 Å². The molecule has 0 bridgehead atoms. The number of nitrogens with one attached hydrogen (secondary N) is 1. The number of aliphatic hydroxyl groups excluding tert-OH is 1. The summed E-state index contributed by atoms with van der Waals surface area (Å²) in [6.45, 7) is 8.74. The Labute approximate surface area is 170 Å². The molecule has 0 aromatic carbocycles. The van der Waals surface area contributed by atoms with E-state index in [1.165, 1.54) is 0 Å². The number of hydrogen-bond acceptors (Lipinski definition) is 8. The first kappa shape index (κ1) is 20.9. The molecule has 2 aliphatic heterocycles. The van der Waals surface area contributed by atoms with Crippen LogP contribution < -0.4 is 10.2 Å². The van der Waals surface area contributed by atoms with Crippen LogP contribution in [0.5, 0.6) is 0 Å².